The van der Waals surface area contributed by atoms with Gasteiger partial charge in [0.05, 0.1) is 12.3 Å². The van der Waals surface area contributed by atoms with E-state index in [2.05, 4.69) is 5.32 Å². The third-order valence-corrected chi connectivity index (χ3v) is 2.69. The van der Waals surface area contributed by atoms with E-state index in [1.807, 2.05) is 13.8 Å². The molecule has 0 aromatic heterocycles. The van der Waals surface area contributed by atoms with E-state index in [0.29, 0.717) is 43.4 Å². The first-order chi connectivity index (χ1) is 9.69. The van der Waals surface area contributed by atoms with Gasteiger partial charge in [-0.1, -0.05) is 6.92 Å². The number of rotatable bonds is 9. The van der Waals surface area contributed by atoms with Gasteiger partial charge in [-0.15, -0.1) is 0 Å². The van der Waals surface area contributed by atoms with Crippen molar-refractivity contribution in [2.24, 2.45) is 0 Å². The second kappa shape index (κ2) is 9.20. The van der Waals surface area contributed by atoms with Crippen molar-refractivity contribution in [2.75, 3.05) is 32.1 Å². The molecule has 112 valence electrons. The Morgan fingerprint density at radius 1 is 1.30 bits per heavy atom. The van der Waals surface area contributed by atoms with Crippen molar-refractivity contribution in [1.29, 1.82) is 0 Å². The fourth-order valence-corrected chi connectivity index (χ4v) is 1.66. The summed E-state index contributed by atoms with van der Waals surface area (Å²) in [4.78, 5) is 11.9. The first-order valence-corrected chi connectivity index (χ1v) is 7.07. The van der Waals surface area contributed by atoms with Gasteiger partial charge in [0.15, 0.2) is 0 Å². The number of ether oxygens (including phenoxy) is 2. The fraction of sp³-hybridized carbons (Fsp3) is 0.533. The third kappa shape index (κ3) is 5.48. The summed E-state index contributed by atoms with van der Waals surface area (Å²) in [6.45, 7) is 6.54. The predicted molar refractivity (Wildman–Crippen MR) is 80.1 cm³/mol. The fourth-order valence-electron chi connectivity index (χ4n) is 1.66. The number of carbonyl (C=O) groups is 1. The zero-order valence-electron chi connectivity index (χ0n) is 12.3. The van der Waals surface area contributed by atoms with Gasteiger partial charge in [-0.2, -0.15) is 0 Å². The summed E-state index contributed by atoms with van der Waals surface area (Å²) < 4.78 is 10.7. The summed E-state index contributed by atoms with van der Waals surface area (Å²) in [7, 11) is 0. The molecular weight excluding hydrogens is 256 g/mol. The lowest BCUT2D eigenvalue weighted by Gasteiger charge is -2.10. The predicted octanol–water partition coefficient (Wildman–Crippen LogP) is 2.21. The SMILES string of the molecule is CCCOc1ccc(C(=O)NCCCOCC)cc1N. The molecule has 3 N–H and O–H groups in total. The highest BCUT2D eigenvalue weighted by Gasteiger charge is 2.08. The molecule has 0 aliphatic carbocycles. The highest BCUT2D eigenvalue weighted by atomic mass is 16.5. The highest BCUT2D eigenvalue weighted by molar-refractivity contribution is 5.95. The van der Waals surface area contributed by atoms with Crippen molar-refractivity contribution in [1.82, 2.24) is 5.32 Å². The summed E-state index contributed by atoms with van der Waals surface area (Å²) >= 11 is 0. The van der Waals surface area contributed by atoms with E-state index < -0.39 is 0 Å². The van der Waals surface area contributed by atoms with Crippen LogP contribution in [0.25, 0.3) is 0 Å². The molecule has 0 fully saturated rings. The van der Waals surface area contributed by atoms with Crippen LogP contribution in [-0.4, -0.2) is 32.3 Å². The number of nitrogen functional groups attached to an aromatic ring is 1. The Morgan fingerprint density at radius 3 is 2.75 bits per heavy atom. The molecule has 0 saturated heterocycles. The maximum atomic E-state index is 11.9. The highest BCUT2D eigenvalue weighted by Crippen LogP contribution is 2.22. The molecule has 1 aromatic rings. The van der Waals surface area contributed by atoms with Crippen LogP contribution in [0.15, 0.2) is 18.2 Å². The van der Waals surface area contributed by atoms with Crippen molar-refractivity contribution in [3.63, 3.8) is 0 Å². The monoisotopic (exact) mass is 280 g/mol. The lowest BCUT2D eigenvalue weighted by atomic mass is 10.1. The maximum absolute atomic E-state index is 11.9. The Labute approximate surface area is 120 Å². The number of nitrogens with one attached hydrogen (secondary N) is 1. The first-order valence-electron chi connectivity index (χ1n) is 7.07. The summed E-state index contributed by atoms with van der Waals surface area (Å²) in [5.74, 6) is 0.495. The summed E-state index contributed by atoms with van der Waals surface area (Å²) in [6.07, 6.45) is 1.72. The first kappa shape index (κ1) is 16.3. The number of nitrogens with two attached hydrogens (primary N) is 1. The van der Waals surface area contributed by atoms with Gasteiger partial charge in [0.1, 0.15) is 5.75 Å². The van der Waals surface area contributed by atoms with Crippen molar-refractivity contribution < 1.29 is 14.3 Å². The molecule has 5 heteroatoms. The minimum Gasteiger partial charge on any atom is -0.491 e. The zero-order chi connectivity index (χ0) is 14.8. The Bertz CT molecular complexity index is 422. The molecule has 0 heterocycles. The van der Waals surface area contributed by atoms with E-state index in [9.17, 15) is 4.79 Å². The molecule has 1 aromatic carbocycles. The van der Waals surface area contributed by atoms with E-state index in [4.69, 9.17) is 15.2 Å². The number of amides is 1. The van der Waals surface area contributed by atoms with E-state index >= 15 is 0 Å². The lowest BCUT2D eigenvalue weighted by Crippen LogP contribution is -2.25. The zero-order valence-corrected chi connectivity index (χ0v) is 12.3. The molecule has 20 heavy (non-hydrogen) atoms. The maximum Gasteiger partial charge on any atom is 0.251 e. The van der Waals surface area contributed by atoms with Gasteiger partial charge in [-0.05, 0) is 38.0 Å². The smallest absolute Gasteiger partial charge is 0.251 e. The minimum atomic E-state index is -0.129. The molecule has 1 amide bonds. The second-order valence-corrected chi connectivity index (χ2v) is 4.41. The number of carbonyl (C=O) groups excluding carboxylic acids is 1. The molecule has 0 aliphatic heterocycles. The Kier molecular flexibility index (Phi) is 7.50. The Morgan fingerprint density at radius 2 is 2.10 bits per heavy atom. The van der Waals surface area contributed by atoms with Gasteiger partial charge in [0, 0.05) is 25.3 Å². The van der Waals surface area contributed by atoms with E-state index in [1.54, 1.807) is 18.2 Å². The van der Waals surface area contributed by atoms with Crippen LogP contribution in [0, 0.1) is 0 Å². The van der Waals surface area contributed by atoms with E-state index in [1.165, 1.54) is 0 Å². The molecule has 0 unspecified atom stereocenters. The molecule has 0 bridgehead atoms. The topological polar surface area (TPSA) is 73.6 Å². The number of hydrogen-bond donors (Lipinski definition) is 2. The van der Waals surface area contributed by atoms with Crippen LogP contribution < -0.4 is 15.8 Å². The van der Waals surface area contributed by atoms with E-state index in [0.717, 1.165) is 12.8 Å². The van der Waals surface area contributed by atoms with Crippen molar-refractivity contribution in [2.45, 2.75) is 26.7 Å². The van der Waals surface area contributed by atoms with Crippen LogP contribution >= 0.6 is 0 Å². The molecule has 0 aliphatic rings. The van der Waals surface area contributed by atoms with Crippen molar-refractivity contribution in [3.8, 4) is 5.75 Å². The van der Waals surface area contributed by atoms with Crippen LogP contribution in [0.3, 0.4) is 0 Å². The molecule has 0 radical (unpaired) electrons. The minimum absolute atomic E-state index is 0.129. The average molecular weight is 280 g/mol. The van der Waals surface area contributed by atoms with Crippen molar-refractivity contribution >= 4 is 11.6 Å². The van der Waals surface area contributed by atoms with Gasteiger partial charge >= 0.3 is 0 Å². The van der Waals surface area contributed by atoms with E-state index in [-0.39, 0.29) is 5.91 Å². The summed E-state index contributed by atoms with van der Waals surface area (Å²) in [5, 5.41) is 2.83. The normalized spacial score (nSPS) is 10.3. The number of hydrogen-bond acceptors (Lipinski definition) is 4. The van der Waals surface area contributed by atoms with Gasteiger partial charge in [-0.25, -0.2) is 0 Å². The lowest BCUT2D eigenvalue weighted by molar-refractivity contribution is 0.0944. The largest absolute Gasteiger partial charge is 0.491 e. The molecule has 0 atom stereocenters. The standard InChI is InChI=1S/C15H24N2O3/c1-3-9-20-14-7-6-12(11-13(14)16)15(18)17-8-5-10-19-4-2/h6-7,11H,3-5,8-10,16H2,1-2H3,(H,17,18). The van der Waals surface area contributed by atoms with Crippen LogP contribution in [0.5, 0.6) is 5.75 Å². The number of benzene rings is 1. The molecule has 0 saturated carbocycles. The van der Waals surface area contributed by atoms with Crippen LogP contribution in [0.4, 0.5) is 5.69 Å². The molecule has 0 spiro atoms. The molecule has 1 rings (SSSR count). The molecular formula is C15H24N2O3. The van der Waals surface area contributed by atoms with Crippen LogP contribution in [0.2, 0.25) is 0 Å². The second-order valence-electron chi connectivity index (χ2n) is 4.41. The Balaban J connectivity index is 2.46. The van der Waals surface area contributed by atoms with Crippen molar-refractivity contribution in [3.05, 3.63) is 23.8 Å². The van der Waals surface area contributed by atoms with Gasteiger partial charge in [0.25, 0.3) is 5.91 Å². The van der Waals surface area contributed by atoms with Gasteiger partial charge < -0.3 is 20.5 Å². The Hall–Kier alpha value is -1.75. The van der Waals surface area contributed by atoms with Gasteiger partial charge in [-0.3, -0.25) is 4.79 Å². The summed E-state index contributed by atoms with van der Waals surface area (Å²) in [6, 6.07) is 5.10. The molecule has 5 nitrogen and oxygen atoms in total. The number of anilines is 1. The van der Waals surface area contributed by atoms with Crippen LogP contribution in [-0.2, 0) is 4.74 Å². The third-order valence-electron chi connectivity index (χ3n) is 2.69. The average Bonchev–Trinajstić information content (AvgIpc) is 2.45. The van der Waals surface area contributed by atoms with Crippen LogP contribution in [0.1, 0.15) is 37.0 Å². The quantitative estimate of drug-likeness (QED) is 0.537. The summed E-state index contributed by atoms with van der Waals surface area (Å²) in [5.41, 5.74) is 6.90. The van der Waals surface area contributed by atoms with Gasteiger partial charge in [0.2, 0.25) is 0 Å².